The van der Waals surface area contributed by atoms with E-state index in [1.165, 1.54) is 22.0 Å². The summed E-state index contributed by atoms with van der Waals surface area (Å²) in [7, 11) is 0. The molecular formula is C14H20BrNO. The SMILES string of the molecule is Cc1ccc(CNC(C)C2CCOC2)c(Br)c1. The minimum absolute atomic E-state index is 0.519. The van der Waals surface area contributed by atoms with Gasteiger partial charge in [0, 0.05) is 23.7 Å². The Morgan fingerprint density at radius 3 is 3.00 bits per heavy atom. The second-order valence-corrected chi connectivity index (χ2v) is 5.74. The van der Waals surface area contributed by atoms with Crippen LogP contribution in [0.2, 0.25) is 0 Å². The van der Waals surface area contributed by atoms with E-state index in [4.69, 9.17) is 4.74 Å². The van der Waals surface area contributed by atoms with Crippen LogP contribution in [0.3, 0.4) is 0 Å². The molecule has 94 valence electrons. The number of halogens is 1. The zero-order valence-electron chi connectivity index (χ0n) is 10.5. The largest absolute Gasteiger partial charge is 0.381 e. The van der Waals surface area contributed by atoms with Crippen molar-refractivity contribution >= 4 is 15.9 Å². The predicted octanol–water partition coefficient (Wildman–Crippen LogP) is 3.27. The Balaban J connectivity index is 1.88. The molecular weight excluding hydrogens is 278 g/mol. The molecule has 0 bridgehead atoms. The van der Waals surface area contributed by atoms with Gasteiger partial charge in [0.05, 0.1) is 6.61 Å². The topological polar surface area (TPSA) is 21.3 Å². The Kier molecular flexibility index (Phi) is 4.60. The first kappa shape index (κ1) is 13.1. The lowest BCUT2D eigenvalue weighted by Crippen LogP contribution is -2.33. The van der Waals surface area contributed by atoms with Crippen molar-refractivity contribution in [3.8, 4) is 0 Å². The molecule has 1 heterocycles. The van der Waals surface area contributed by atoms with Gasteiger partial charge in [-0.3, -0.25) is 0 Å². The average molecular weight is 298 g/mol. The summed E-state index contributed by atoms with van der Waals surface area (Å²) >= 11 is 3.62. The highest BCUT2D eigenvalue weighted by Gasteiger charge is 2.21. The van der Waals surface area contributed by atoms with E-state index >= 15 is 0 Å². The number of hydrogen-bond donors (Lipinski definition) is 1. The summed E-state index contributed by atoms with van der Waals surface area (Å²) in [5.74, 6) is 0.666. The number of nitrogens with one attached hydrogen (secondary N) is 1. The third-order valence-corrected chi connectivity index (χ3v) is 4.23. The molecule has 17 heavy (non-hydrogen) atoms. The van der Waals surface area contributed by atoms with Crippen molar-refractivity contribution < 1.29 is 4.74 Å². The fourth-order valence-corrected chi connectivity index (χ4v) is 2.81. The molecule has 2 atom stereocenters. The molecule has 0 aliphatic carbocycles. The first-order valence-electron chi connectivity index (χ1n) is 6.23. The van der Waals surface area contributed by atoms with E-state index in [1.54, 1.807) is 0 Å². The van der Waals surface area contributed by atoms with Gasteiger partial charge in [-0.15, -0.1) is 0 Å². The van der Waals surface area contributed by atoms with Gasteiger partial charge in [-0.25, -0.2) is 0 Å². The van der Waals surface area contributed by atoms with Gasteiger partial charge in [-0.1, -0.05) is 28.1 Å². The highest BCUT2D eigenvalue weighted by Crippen LogP contribution is 2.20. The first-order chi connectivity index (χ1) is 8.16. The van der Waals surface area contributed by atoms with E-state index in [0.29, 0.717) is 12.0 Å². The maximum absolute atomic E-state index is 5.42. The second-order valence-electron chi connectivity index (χ2n) is 4.89. The monoisotopic (exact) mass is 297 g/mol. The van der Waals surface area contributed by atoms with Gasteiger partial charge in [0.15, 0.2) is 0 Å². The summed E-state index contributed by atoms with van der Waals surface area (Å²) in [5, 5.41) is 3.59. The van der Waals surface area contributed by atoms with Gasteiger partial charge < -0.3 is 10.1 Å². The number of hydrogen-bond acceptors (Lipinski definition) is 2. The van der Waals surface area contributed by atoms with Crippen LogP contribution in [0.5, 0.6) is 0 Å². The van der Waals surface area contributed by atoms with Crippen LogP contribution < -0.4 is 5.32 Å². The molecule has 0 saturated carbocycles. The third kappa shape index (κ3) is 3.54. The molecule has 2 unspecified atom stereocenters. The molecule has 1 fully saturated rings. The van der Waals surface area contributed by atoms with E-state index in [0.717, 1.165) is 19.8 Å². The van der Waals surface area contributed by atoms with Crippen molar-refractivity contribution in [2.45, 2.75) is 32.9 Å². The molecule has 2 nitrogen and oxygen atoms in total. The molecule has 2 rings (SSSR count). The molecule has 1 N–H and O–H groups in total. The summed E-state index contributed by atoms with van der Waals surface area (Å²) in [6, 6.07) is 7.03. The third-order valence-electron chi connectivity index (χ3n) is 3.50. The van der Waals surface area contributed by atoms with Gasteiger partial charge >= 0.3 is 0 Å². The van der Waals surface area contributed by atoms with E-state index < -0.39 is 0 Å². The summed E-state index contributed by atoms with van der Waals surface area (Å²) in [6.07, 6.45) is 1.18. The molecule has 0 spiro atoms. The molecule has 1 aliphatic heterocycles. The average Bonchev–Trinajstić information content (AvgIpc) is 2.81. The first-order valence-corrected chi connectivity index (χ1v) is 7.02. The van der Waals surface area contributed by atoms with Gasteiger partial charge in [-0.05, 0) is 43.4 Å². The fraction of sp³-hybridized carbons (Fsp3) is 0.571. The molecule has 1 aromatic carbocycles. The van der Waals surface area contributed by atoms with E-state index in [2.05, 4.69) is 53.3 Å². The molecule has 1 aliphatic rings. The van der Waals surface area contributed by atoms with Gasteiger partial charge in [-0.2, -0.15) is 0 Å². The highest BCUT2D eigenvalue weighted by atomic mass is 79.9. The van der Waals surface area contributed by atoms with E-state index in [1.807, 2.05) is 0 Å². The molecule has 1 saturated heterocycles. The Bertz CT molecular complexity index is 374. The summed E-state index contributed by atoms with van der Waals surface area (Å²) < 4.78 is 6.61. The zero-order chi connectivity index (χ0) is 12.3. The lowest BCUT2D eigenvalue weighted by molar-refractivity contribution is 0.178. The zero-order valence-corrected chi connectivity index (χ0v) is 12.1. The normalized spacial score (nSPS) is 21.7. The van der Waals surface area contributed by atoms with Crippen LogP contribution in [0.15, 0.2) is 22.7 Å². The molecule has 3 heteroatoms. The Hall–Kier alpha value is -0.380. The molecule has 1 aromatic rings. The van der Waals surface area contributed by atoms with Crippen LogP contribution >= 0.6 is 15.9 Å². The van der Waals surface area contributed by atoms with Crippen LogP contribution in [-0.2, 0) is 11.3 Å². The van der Waals surface area contributed by atoms with Crippen LogP contribution in [-0.4, -0.2) is 19.3 Å². The van der Waals surface area contributed by atoms with Crippen molar-refractivity contribution in [3.63, 3.8) is 0 Å². The second kappa shape index (κ2) is 5.98. The number of ether oxygens (including phenoxy) is 1. The van der Waals surface area contributed by atoms with Crippen molar-refractivity contribution in [2.24, 2.45) is 5.92 Å². The predicted molar refractivity (Wildman–Crippen MR) is 74.1 cm³/mol. The van der Waals surface area contributed by atoms with Gasteiger partial charge in [0.25, 0.3) is 0 Å². The van der Waals surface area contributed by atoms with Crippen molar-refractivity contribution in [1.82, 2.24) is 5.32 Å². The smallest absolute Gasteiger partial charge is 0.0509 e. The van der Waals surface area contributed by atoms with Crippen LogP contribution in [0, 0.1) is 12.8 Å². The summed E-state index contributed by atoms with van der Waals surface area (Å²) in [6.45, 7) is 7.11. The van der Waals surface area contributed by atoms with Crippen molar-refractivity contribution in [3.05, 3.63) is 33.8 Å². The minimum Gasteiger partial charge on any atom is -0.381 e. The highest BCUT2D eigenvalue weighted by molar-refractivity contribution is 9.10. The Morgan fingerprint density at radius 1 is 1.53 bits per heavy atom. The number of rotatable bonds is 4. The minimum atomic E-state index is 0.519. The summed E-state index contributed by atoms with van der Waals surface area (Å²) in [4.78, 5) is 0. The van der Waals surface area contributed by atoms with Gasteiger partial charge in [0.2, 0.25) is 0 Å². The Morgan fingerprint density at radius 2 is 2.35 bits per heavy atom. The van der Waals surface area contributed by atoms with E-state index in [9.17, 15) is 0 Å². The summed E-state index contributed by atoms with van der Waals surface area (Å²) in [5.41, 5.74) is 2.61. The van der Waals surface area contributed by atoms with Crippen molar-refractivity contribution in [2.75, 3.05) is 13.2 Å². The Labute approximate surface area is 112 Å². The maximum atomic E-state index is 5.42. The molecule has 0 amide bonds. The molecule has 0 aromatic heterocycles. The van der Waals surface area contributed by atoms with Crippen LogP contribution in [0.4, 0.5) is 0 Å². The number of benzene rings is 1. The lowest BCUT2D eigenvalue weighted by atomic mass is 10.0. The lowest BCUT2D eigenvalue weighted by Gasteiger charge is -2.19. The van der Waals surface area contributed by atoms with Crippen molar-refractivity contribution in [1.29, 1.82) is 0 Å². The molecule has 0 radical (unpaired) electrons. The number of aryl methyl sites for hydroxylation is 1. The fourth-order valence-electron chi connectivity index (χ4n) is 2.18. The quantitative estimate of drug-likeness (QED) is 0.921. The van der Waals surface area contributed by atoms with Gasteiger partial charge in [0.1, 0.15) is 0 Å². The maximum Gasteiger partial charge on any atom is 0.0509 e. The van der Waals surface area contributed by atoms with Crippen LogP contribution in [0.1, 0.15) is 24.5 Å². The van der Waals surface area contributed by atoms with E-state index in [-0.39, 0.29) is 0 Å². The van der Waals surface area contributed by atoms with Crippen LogP contribution in [0.25, 0.3) is 0 Å². The standard InChI is InChI=1S/C14H20BrNO/c1-10-3-4-12(14(15)7-10)8-16-11(2)13-5-6-17-9-13/h3-4,7,11,13,16H,5-6,8-9H2,1-2H3.